The SMILES string of the molecule is C[C@H]1[C@H](C)CCC[C@@H]1NC(=O)CN1c2ccccc2C[C@@H]1C. The first-order valence-electron chi connectivity index (χ1n) is 8.70. The first-order valence-corrected chi connectivity index (χ1v) is 8.70. The molecule has 0 aromatic heterocycles. The number of rotatable bonds is 3. The second-order valence-electron chi connectivity index (χ2n) is 7.25. The highest BCUT2D eigenvalue weighted by Gasteiger charge is 2.30. The summed E-state index contributed by atoms with van der Waals surface area (Å²) in [5.41, 5.74) is 2.60. The van der Waals surface area contributed by atoms with Crippen LogP contribution in [0.4, 0.5) is 5.69 Å². The van der Waals surface area contributed by atoms with Gasteiger partial charge in [0.2, 0.25) is 5.91 Å². The van der Waals surface area contributed by atoms with Gasteiger partial charge in [0.25, 0.3) is 0 Å². The molecule has 1 aliphatic carbocycles. The largest absolute Gasteiger partial charge is 0.359 e. The van der Waals surface area contributed by atoms with E-state index in [4.69, 9.17) is 0 Å². The molecule has 0 radical (unpaired) electrons. The molecule has 4 atom stereocenters. The van der Waals surface area contributed by atoms with Crippen molar-refractivity contribution in [3.8, 4) is 0 Å². The average Bonchev–Trinajstić information content (AvgIpc) is 2.80. The van der Waals surface area contributed by atoms with Crippen molar-refractivity contribution < 1.29 is 4.79 Å². The summed E-state index contributed by atoms with van der Waals surface area (Å²) in [5.74, 6) is 1.47. The maximum absolute atomic E-state index is 12.5. The lowest BCUT2D eigenvalue weighted by Gasteiger charge is -2.35. The van der Waals surface area contributed by atoms with Crippen LogP contribution in [-0.4, -0.2) is 24.5 Å². The van der Waals surface area contributed by atoms with Crippen molar-refractivity contribution in [2.24, 2.45) is 11.8 Å². The number of carbonyl (C=O) groups excluding carboxylic acids is 1. The van der Waals surface area contributed by atoms with Crippen LogP contribution in [0.15, 0.2) is 24.3 Å². The van der Waals surface area contributed by atoms with Gasteiger partial charge >= 0.3 is 0 Å². The number of amides is 1. The van der Waals surface area contributed by atoms with Crippen molar-refractivity contribution in [2.75, 3.05) is 11.4 Å². The van der Waals surface area contributed by atoms with E-state index in [-0.39, 0.29) is 5.91 Å². The van der Waals surface area contributed by atoms with Crippen LogP contribution in [-0.2, 0) is 11.2 Å². The third-order valence-electron chi connectivity index (χ3n) is 5.72. The fraction of sp³-hybridized carbons (Fsp3) is 0.632. The van der Waals surface area contributed by atoms with E-state index in [0.29, 0.717) is 30.5 Å². The Hall–Kier alpha value is -1.51. The summed E-state index contributed by atoms with van der Waals surface area (Å²) >= 11 is 0. The zero-order chi connectivity index (χ0) is 15.7. The standard InChI is InChI=1S/C19H28N2O/c1-13-7-6-9-17(15(13)3)20-19(22)12-21-14(2)11-16-8-4-5-10-18(16)21/h4-5,8,10,13-15,17H,6-7,9,11-12H2,1-3H3,(H,20,22)/t13-,14+,15+,17+/m1/s1. The molecule has 1 saturated carbocycles. The summed E-state index contributed by atoms with van der Waals surface area (Å²) in [6.07, 6.45) is 4.70. The molecule has 3 rings (SSSR count). The molecular formula is C19H28N2O. The number of nitrogens with one attached hydrogen (secondary N) is 1. The molecule has 0 unspecified atom stereocenters. The molecule has 1 aromatic carbocycles. The summed E-state index contributed by atoms with van der Waals surface area (Å²) < 4.78 is 0. The van der Waals surface area contributed by atoms with Crippen LogP contribution in [0.2, 0.25) is 0 Å². The van der Waals surface area contributed by atoms with Crippen LogP contribution in [0, 0.1) is 11.8 Å². The number of hydrogen-bond acceptors (Lipinski definition) is 2. The second kappa shape index (κ2) is 6.31. The number of fused-ring (bicyclic) bond motifs is 1. The number of para-hydroxylation sites is 1. The third kappa shape index (κ3) is 2.99. The minimum absolute atomic E-state index is 0.175. The molecule has 3 nitrogen and oxygen atoms in total. The van der Waals surface area contributed by atoms with Crippen LogP contribution >= 0.6 is 0 Å². The van der Waals surface area contributed by atoms with Crippen molar-refractivity contribution >= 4 is 11.6 Å². The minimum atomic E-state index is 0.175. The van der Waals surface area contributed by atoms with Crippen LogP contribution < -0.4 is 10.2 Å². The van der Waals surface area contributed by atoms with Crippen LogP contribution in [0.25, 0.3) is 0 Å². The van der Waals surface area contributed by atoms with Gasteiger partial charge in [0, 0.05) is 17.8 Å². The van der Waals surface area contributed by atoms with Gasteiger partial charge in [0.15, 0.2) is 0 Å². The highest BCUT2D eigenvalue weighted by Crippen LogP contribution is 2.32. The van der Waals surface area contributed by atoms with E-state index in [0.717, 1.165) is 12.8 Å². The van der Waals surface area contributed by atoms with Gasteiger partial charge in [0.1, 0.15) is 0 Å². The Morgan fingerprint density at radius 2 is 2.00 bits per heavy atom. The van der Waals surface area contributed by atoms with Crippen LogP contribution in [0.5, 0.6) is 0 Å². The first kappa shape index (κ1) is 15.4. The molecule has 1 N–H and O–H groups in total. The molecular weight excluding hydrogens is 272 g/mol. The number of anilines is 1. The van der Waals surface area contributed by atoms with E-state index >= 15 is 0 Å². The van der Waals surface area contributed by atoms with E-state index < -0.39 is 0 Å². The maximum atomic E-state index is 12.5. The minimum Gasteiger partial charge on any atom is -0.359 e. The molecule has 1 aliphatic heterocycles. The monoisotopic (exact) mass is 300 g/mol. The lowest BCUT2D eigenvalue weighted by atomic mass is 9.78. The highest BCUT2D eigenvalue weighted by atomic mass is 16.2. The van der Waals surface area contributed by atoms with Crippen molar-refractivity contribution in [1.29, 1.82) is 0 Å². The van der Waals surface area contributed by atoms with Gasteiger partial charge in [0.05, 0.1) is 6.54 Å². The van der Waals surface area contributed by atoms with E-state index in [1.165, 1.54) is 24.1 Å². The Morgan fingerprint density at radius 1 is 1.23 bits per heavy atom. The molecule has 1 aromatic rings. The molecule has 22 heavy (non-hydrogen) atoms. The number of nitrogens with zero attached hydrogens (tertiary/aromatic N) is 1. The van der Waals surface area contributed by atoms with E-state index in [1.807, 2.05) is 0 Å². The van der Waals surface area contributed by atoms with E-state index in [9.17, 15) is 4.79 Å². The molecule has 1 amide bonds. The Labute approximate surface area is 134 Å². The molecule has 1 fully saturated rings. The second-order valence-corrected chi connectivity index (χ2v) is 7.25. The van der Waals surface area contributed by atoms with Crippen molar-refractivity contribution in [3.05, 3.63) is 29.8 Å². The maximum Gasteiger partial charge on any atom is 0.239 e. The topological polar surface area (TPSA) is 32.3 Å². The summed E-state index contributed by atoms with van der Waals surface area (Å²) in [6.45, 7) is 7.28. The first-order chi connectivity index (χ1) is 10.6. The Balaban J connectivity index is 1.62. The average molecular weight is 300 g/mol. The van der Waals surface area contributed by atoms with Gasteiger partial charge in [-0.1, -0.05) is 44.9 Å². The number of benzene rings is 1. The highest BCUT2D eigenvalue weighted by molar-refractivity contribution is 5.82. The Kier molecular flexibility index (Phi) is 4.42. The predicted octanol–water partition coefficient (Wildman–Crippen LogP) is 3.38. The normalized spacial score (nSPS) is 31.0. The smallest absolute Gasteiger partial charge is 0.239 e. The van der Waals surface area contributed by atoms with Crippen molar-refractivity contribution in [3.63, 3.8) is 0 Å². The summed E-state index contributed by atoms with van der Waals surface area (Å²) in [6, 6.07) is 9.22. The van der Waals surface area contributed by atoms with Gasteiger partial charge in [-0.2, -0.15) is 0 Å². The number of carbonyl (C=O) groups is 1. The molecule has 2 aliphatic rings. The van der Waals surface area contributed by atoms with E-state index in [1.54, 1.807) is 0 Å². The van der Waals surface area contributed by atoms with Crippen LogP contribution in [0.1, 0.15) is 45.6 Å². The zero-order valence-electron chi connectivity index (χ0n) is 14.0. The van der Waals surface area contributed by atoms with Gasteiger partial charge in [-0.15, -0.1) is 0 Å². The van der Waals surface area contributed by atoms with Crippen molar-refractivity contribution in [1.82, 2.24) is 5.32 Å². The van der Waals surface area contributed by atoms with Gasteiger partial charge < -0.3 is 10.2 Å². The molecule has 0 spiro atoms. The Bertz CT molecular complexity index is 542. The van der Waals surface area contributed by atoms with Gasteiger partial charge in [-0.3, -0.25) is 4.79 Å². The molecule has 1 heterocycles. The molecule has 0 saturated heterocycles. The Morgan fingerprint density at radius 3 is 2.82 bits per heavy atom. The van der Waals surface area contributed by atoms with Gasteiger partial charge in [-0.25, -0.2) is 0 Å². The molecule has 120 valence electrons. The van der Waals surface area contributed by atoms with Crippen molar-refractivity contribution in [2.45, 2.75) is 58.5 Å². The predicted molar refractivity (Wildman–Crippen MR) is 91.1 cm³/mol. The molecule has 0 bridgehead atoms. The quantitative estimate of drug-likeness (QED) is 0.928. The zero-order valence-corrected chi connectivity index (χ0v) is 14.0. The lowest BCUT2D eigenvalue weighted by molar-refractivity contribution is -0.121. The fourth-order valence-corrected chi connectivity index (χ4v) is 4.06. The van der Waals surface area contributed by atoms with Gasteiger partial charge in [-0.05, 0) is 43.2 Å². The number of hydrogen-bond donors (Lipinski definition) is 1. The summed E-state index contributed by atoms with van der Waals surface area (Å²) in [4.78, 5) is 14.8. The third-order valence-corrected chi connectivity index (χ3v) is 5.72. The molecule has 3 heteroatoms. The summed E-state index contributed by atoms with van der Waals surface area (Å²) in [7, 11) is 0. The van der Waals surface area contributed by atoms with Crippen LogP contribution in [0.3, 0.4) is 0 Å². The van der Waals surface area contributed by atoms with E-state index in [2.05, 4.69) is 55.3 Å². The fourth-order valence-electron chi connectivity index (χ4n) is 4.06. The lowest BCUT2D eigenvalue weighted by Crippen LogP contribution is -2.48. The summed E-state index contributed by atoms with van der Waals surface area (Å²) in [5, 5.41) is 3.30.